The first-order valence-electron chi connectivity index (χ1n) is 7.84. The van der Waals surface area contributed by atoms with Gasteiger partial charge < -0.3 is 10.4 Å². The van der Waals surface area contributed by atoms with Gasteiger partial charge in [0.25, 0.3) is 5.91 Å². The molecule has 3 aromatic rings. The van der Waals surface area contributed by atoms with Crippen molar-refractivity contribution in [2.24, 2.45) is 0 Å². The first kappa shape index (κ1) is 16.0. The lowest BCUT2D eigenvalue weighted by molar-refractivity contribution is 0.0954. The zero-order valence-electron chi connectivity index (χ0n) is 13.2. The van der Waals surface area contributed by atoms with Gasteiger partial charge in [-0.2, -0.15) is 5.10 Å². The van der Waals surface area contributed by atoms with Crippen LogP contribution in [0.3, 0.4) is 0 Å². The second-order valence-electron chi connectivity index (χ2n) is 5.45. The van der Waals surface area contributed by atoms with Gasteiger partial charge in [0, 0.05) is 18.9 Å². The number of carbonyl (C=O) groups is 1. The Hall–Kier alpha value is -2.92. The summed E-state index contributed by atoms with van der Waals surface area (Å²) >= 11 is 0. The fourth-order valence-corrected chi connectivity index (χ4v) is 2.50. The van der Waals surface area contributed by atoms with E-state index in [0.29, 0.717) is 12.1 Å². The number of aromatic nitrogens is 2. The van der Waals surface area contributed by atoms with Crippen LogP contribution in [0.25, 0.3) is 5.69 Å². The van der Waals surface area contributed by atoms with E-state index in [2.05, 4.69) is 10.4 Å². The molecule has 0 atom stereocenters. The Morgan fingerprint density at radius 2 is 1.79 bits per heavy atom. The summed E-state index contributed by atoms with van der Waals surface area (Å²) in [4.78, 5) is 12.5. The van der Waals surface area contributed by atoms with Gasteiger partial charge in [0.15, 0.2) is 0 Å². The maximum Gasteiger partial charge on any atom is 0.253 e. The molecule has 0 bridgehead atoms. The third-order valence-corrected chi connectivity index (χ3v) is 3.80. The van der Waals surface area contributed by atoms with E-state index >= 15 is 0 Å². The van der Waals surface area contributed by atoms with Crippen molar-refractivity contribution in [1.82, 2.24) is 15.1 Å². The zero-order chi connectivity index (χ0) is 16.8. The number of nitrogens with one attached hydrogen (secondary N) is 1. The Morgan fingerprint density at radius 1 is 1.04 bits per heavy atom. The molecule has 0 saturated carbocycles. The highest BCUT2D eigenvalue weighted by Crippen LogP contribution is 2.13. The number of nitrogens with zero attached hydrogens (tertiary/aromatic N) is 2. The number of aliphatic hydroxyl groups excluding tert-OH is 1. The van der Waals surface area contributed by atoms with E-state index in [1.807, 2.05) is 54.7 Å². The summed E-state index contributed by atoms with van der Waals surface area (Å²) in [7, 11) is 0. The van der Waals surface area contributed by atoms with Crippen molar-refractivity contribution in [3.63, 3.8) is 0 Å². The highest BCUT2D eigenvalue weighted by Gasteiger charge is 2.11. The minimum Gasteiger partial charge on any atom is -0.392 e. The lowest BCUT2D eigenvalue weighted by atomic mass is 10.1. The molecule has 24 heavy (non-hydrogen) atoms. The summed E-state index contributed by atoms with van der Waals surface area (Å²) in [6.07, 6.45) is 4.24. The third-order valence-electron chi connectivity index (χ3n) is 3.80. The molecule has 0 aliphatic heterocycles. The van der Waals surface area contributed by atoms with Crippen LogP contribution in [-0.4, -0.2) is 27.3 Å². The minimum atomic E-state index is -0.118. The molecule has 3 rings (SSSR count). The van der Waals surface area contributed by atoms with Crippen molar-refractivity contribution in [3.05, 3.63) is 83.7 Å². The molecule has 122 valence electrons. The molecule has 2 N–H and O–H groups in total. The van der Waals surface area contributed by atoms with Crippen molar-refractivity contribution < 1.29 is 9.90 Å². The van der Waals surface area contributed by atoms with Gasteiger partial charge in [0.1, 0.15) is 0 Å². The Kier molecular flexibility index (Phi) is 5.03. The molecule has 2 aromatic carbocycles. The molecule has 0 spiro atoms. The second-order valence-corrected chi connectivity index (χ2v) is 5.45. The summed E-state index contributed by atoms with van der Waals surface area (Å²) in [6, 6.07) is 16.9. The molecule has 1 aromatic heterocycles. The Labute approximate surface area is 140 Å². The summed E-state index contributed by atoms with van der Waals surface area (Å²) in [5.74, 6) is -0.118. The van der Waals surface area contributed by atoms with E-state index in [0.717, 1.165) is 23.2 Å². The van der Waals surface area contributed by atoms with Crippen LogP contribution in [0.5, 0.6) is 0 Å². The average Bonchev–Trinajstić information content (AvgIpc) is 3.17. The van der Waals surface area contributed by atoms with Crippen LogP contribution in [0.4, 0.5) is 0 Å². The van der Waals surface area contributed by atoms with Crippen LogP contribution in [0.15, 0.2) is 67.0 Å². The van der Waals surface area contributed by atoms with Gasteiger partial charge in [-0.25, -0.2) is 4.68 Å². The highest BCUT2D eigenvalue weighted by molar-refractivity contribution is 5.97. The Bertz CT molecular complexity index is 796. The fraction of sp³-hybridized carbons (Fsp3) is 0.158. The molecule has 0 fully saturated rings. The van der Waals surface area contributed by atoms with E-state index < -0.39 is 0 Å². The van der Waals surface area contributed by atoms with E-state index in [1.165, 1.54) is 0 Å². The van der Waals surface area contributed by atoms with Crippen molar-refractivity contribution in [2.45, 2.75) is 13.0 Å². The Morgan fingerprint density at radius 3 is 2.50 bits per heavy atom. The predicted octanol–water partition coefficient (Wildman–Crippen LogP) is 2.34. The zero-order valence-corrected chi connectivity index (χ0v) is 13.2. The predicted molar refractivity (Wildman–Crippen MR) is 92.0 cm³/mol. The SMILES string of the molecule is O=C(NCCc1ccc(CO)cc1)c1ccccc1-n1cccn1. The number of hydrogen-bond donors (Lipinski definition) is 2. The maximum atomic E-state index is 12.5. The molecular weight excluding hydrogens is 302 g/mol. The Balaban J connectivity index is 1.63. The van der Waals surface area contributed by atoms with E-state index in [1.54, 1.807) is 16.9 Å². The minimum absolute atomic E-state index is 0.0429. The van der Waals surface area contributed by atoms with Crippen LogP contribution in [0, 0.1) is 0 Å². The quantitative estimate of drug-likeness (QED) is 0.732. The topological polar surface area (TPSA) is 67.2 Å². The van der Waals surface area contributed by atoms with E-state index in [4.69, 9.17) is 5.11 Å². The number of carbonyl (C=O) groups excluding carboxylic acids is 1. The van der Waals surface area contributed by atoms with Gasteiger partial charge in [-0.05, 0) is 35.7 Å². The summed E-state index contributed by atoms with van der Waals surface area (Å²) in [5, 5.41) is 16.2. The monoisotopic (exact) mass is 321 g/mol. The van der Waals surface area contributed by atoms with Gasteiger partial charge in [0.05, 0.1) is 17.9 Å². The van der Waals surface area contributed by atoms with Gasteiger partial charge in [-0.15, -0.1) is 0 Å². The first-order chi connectivity index (χ1) is 11.8. The lowest BCUT2D eigenvalue weighted by Crippen LogP contribution is -2.26. The van der Waals surface area contributed by atoms with Crippen LogP contribution >= 0.6 is 0 Å². The normalized spacial score (nSPS) is 10.5. The van der Waals surface area contributed by atoms with Crippen molar-refractivity contribution in [2.75, 3.05) is 6.54 Å². The largest absolute Gasteiger partial charge is 0.392 e. The van der Waals surface area contributed by atoms with Gasteiger partial charge >= 0.3 is 0 Å². The molecule has 1 amide bonds. The van der Waals surface area contributed by atoms with Crippen LogP contribution in [0.2, 0.25) is 0 Å². The van der Waals surface area contributed by atoms with Crippen molar-refractivity contribution in [1.29, 1.82) is 0 Å². The number of amides is 1. The number of benzene rings is 2. The van der Waals surface area contributed by atoms with E-state index in [9.17, 15) is 4.79 Å². The molecule has 0 aliphatic carbocycles. The molecule has 0 saturated heterocycles. The second kappa shape index (κ2) is 7.57. The molecule has 5 heteroatoms. The summed E-state index contributed by atoms with van der Waals surface area (Å²) < 4.78 is 1.68. The molecule has 0 unspecified atom stereocenters. The molecular formula is C19H19N3O2. The van der Waals surface area contributed by atoms with Gasteiger partial charge in [-0.1, -0.05) is 36.4 Å². The lowest BCUT2D eigenvalue weighted by Gasteiger charge is -2.10. The number of hydrogen-bond acceptors (Lipinski definition) is 3. The molecule has 0 radical (unpaired) electrons. The highest BCUT2D eigenvalue weighted by atomic mass is 16.3. The smallest absolute Gasteiger partial charge is 0.253 e. The average molecular weight is 321 g/mol. The van der Waals surface area contributed by atoms with Crippen LogP contribution in [-0.2, 0) is 13.0 Å². The first-order valence-corrected chi connectivity index (χ1v) is 7.84. The standard InChI is InChI=1S/C19H19N3O2/c23-14-16-8-6-15(7-9-16)10-12-20-19(24)17-4-1-2-5-18(17)22-13-3-11-21-22/h1-9,11,13,23H,10,12,14H2,(H,20,24). The number of aliphatic hydroxyl groups is 1. The van der Waals surface area contributed by atoms with Crippen molar-refractivity contribution in [3.8, 4) is 5.69 Å². The number of rotatable bonds is 6. The summed E-state index contributed by atoms with van der Waals surface area (Å²) in [6.45, 7) is 0.589. The third kappa shape index (κ3) is 3.70. The van der Waals surface area contributed by atoms with Gasteiger partial charge in [-0.3, -0.25) is 4.79 Å². The van der Waals surface area contributed by atoms with Crippen molar-refractivity contribution >= 4 is 5.91 Å². The molecule has 0 aliphatic rings. The molecule has 1 heterocycles. The molecule has 5 nitrogen and oxygen atoms in total. The van der Waals surface area contributed by atoms with Crippen LogP contribution in [0.1, 0.15) is 21.5 Å². The van der Waals surface area contributed by atoms with E-state index in [-0.39, 0.29) is 12.5 Å². The maximum absolute atomic E-state index is 12.5. The van der Waals surface area contributed by atoms with Gasteiger partial charge in [0.2, 0.25) is 0 Å². The van der Waals surface area contributed by atoms with Crippen LogP contribution < -0.4 is 5.32 Å². The summed E-state index contributed by atoms with van der Waals surface area (Å²) in [5.41, 5.74) is 3.35. The number of para-hydroxylation sites is 1. The fourth-order valence-electron chi connectivity index (χ4n) is 2.50.